The fourth-order valence-corrected chi connectivity index (χ4v) is 4.05. The highest BCUT2D eigenvalue weighted by Gasteiger charge is 2.36. The minimum atomic E-state index is -0.606. The zero-order chi connectivity index (χ0) is 20.5. The fraction of sp³-hybridized carbons (Fsp3) is 0.545. The van der Waals surface area contributed by atoms with Crippen molar-refractivity contribution < 1.29 is 19.1 Å². The van der Waals surface area contributed by atoms with Crippen molar-refractivity contribution in [3.63, 3.8) is 0 Å². The van der Waals surface area contributed by atoms with E-state index in [-0.39, 0.29) is 18.4 Å². The zero-order valence-electron chi connectivity index (χ0n) is 17.4. The van der Waals surface area contributed by atoms with Crippen LogP contribution in [0.2, 0.25) is 0 Å². The molecular weight excluding hydrogens is 356 g/mol. The van der Waals surface area contributed by atoms with Crippen LogP contribution in [0.15, 0.2) is 24.3 Å². The van der Waals surface area contributed by atoms with Gasteiger partial charge >= 0.3 is 12.1 Å². The Morgan fingerprint density at radius 2 is 1.93 bits per heavy atom. The first-order valence-corrected chi connectivity index (χ1v) is 9.93. The average Bonchev–Trinajstić information content (AvgIpc) is 2.97. The van der Waals surface area contributed by atoms with E-state index in [0.29, 0.717) is 0 Å². The zero-order valence-corrected chi connectivity index (χ0v) is 17.4. The number of benzene rings is 1. The number of carbonyl (C=O) groups excluding carboxylic acids is 2. The second-order valence-corrected chi connectivity index (χ2v) is 8.28. The third kappa shape index (κ3) is 3.92. The molecular formula is C22H30N2O4. The third-order valence-electron chi connectivity index (χ3n) is 5.10. The van der Waals surface area contributed by atoms with Crippen LogP contribution < -0.4 is 0 Å². The molecule has 0 saturated carbocycles. The number of aromatic nitrogens is 1. The largest absolute Gasteiger partial charge is 0.469 e. The minimum Gasteiger partial charge on any atom is -0.469 e. The Bertz CT molecular complexity index is 879. The number of para-hydroxylation sites is 1. The van der Waals surface area contributed by atoms with Gasteiger partial charge in [-0.3, -0.25) is 9.69 Å². The molecule has 1 aliphatic heterocycles. The van der Waals surface area contributed by atoms with Gasteiger partial charge in [0.25, 0.3) is 0 Å². The summed E-state index contributed by atoms with van der Waals surface area (Å²) in [5.74, 6) is -0.278. The number of esters is 1. The Morgan fingerprint density at radius 3 is 2.57 bits per heavy atom. The van der Waals surface area contributed by atoms with Gasteiger partial charge in [-0.1, -0.05) is 25.1 Å². The molecule has 3 rings (SSSR count). The van der Waals surface area contributed by atoms with E-state index in [9.17, 15) is 9.59 Å². The molecule has 0 spiro atoms. The van der Waals surface area contributed by atoms with Gasteiger partial charge in [-0.25, -0.2) is 9.36 Å². The van der Waals surface area contributed by atoms with Crippen LogP contribution in [0.1, 0.15) is 57.8 Å². The Labute approximate surface area is 166 Å². The summed E-state index contributed by atoms with van der Waals surface area (Å²) in [6.45, 7) is 9.41. The number of methoxy groups -OCH3 is 1. The first kappa shape index (κ1) is 20.4. The Hall–Kier alpha value is -2.34. The normalized spacial score (nSPS) is 17.4. The van der Waals surface area contributed by atoms with Gasteiger partial charge in [0, 0.05) is 11.9 Å². The van der Waals surface area contributed by atoms with E-state index >= 15 is 0 Å². The molecule has 0 fully saturated rings. The van der Waals surface area contributed by atoms with E-state index in [4.69, 9.17) is 9.47 Å². The van der Waals surface area contributed by atoms with Gasteiger partial charge in [0.1, 0.15) is 5.60 Å². The number of hydrogen-bond donors (Lipinski definition) is 0. The van der Waals surface area contributed by atoms with Crippen molar-refractivity contribution in [2.45, 2.75) is 58.6 Å². The van der Waals surface area contributed by atoms with Crippen LogP contribution >= 0.6 is 0 Å². The van der Waals surface area contributed by atoms with Crippen molar-refractivity contribution in [3.05, 3.63) is 35.5 Å². The molecule has 1 unspecified atom stereocenters. The topological polar surface area (TPSA) is 60.8 Å². The summed E-state index contributed by atoms with van der Waals surface area (Å²) in [7, 11) is 1.40. The molecule has 152 valence electrons. The van der Waals surface area contributed by atoms with E-state index < -0.39 is 11.7 Å². The Balaban J connectivity index is 2.20. The Morgan fingerprint density at radius 1 is 1.21 bits per heavy atom. The number of nitrogens with zero attached hydrogens (tertiary/aromatic N) is 2. The van der Waals surface area contributed by atoms with Crippen molar-refractivity contribution >= 4 is 23.0 Å². The van der Waals surface area contributed by atoms with Crippen molar-refractivity contribution in [2.75, 3.05) is 20.2 Å². The molecule has 2 aromatic rings. The van der Waals surface area contributed by atoms with Gasteiger partial charge in [-0.15, -0.1) is 0 Å². The fourth-order valence-electron chi connectivity index (χ4n) is 4.05. The van der Waals surface area contributed by atoms with E-state index in [1.165, 1.54) is 7.11 Å². The Kier molecular flexibility index (Phi) is 5.79. The summed E-state index contributed by atoms with van der Waals surface area (Å²) in [4.78, 5) is 27.6. The van der Waals surface area contributed by atoms with Gasteiger partial charge < -0.3 is 9.47 Å². The number of fused-ring (bicyclic) bond motifs is 3. The maximum Gasteiger partial charge on any atom is 0.419 e. The second kappa shape index (κ2) is 7.95. The predicted molar refractivity (Wildman–Crippen MR) is 109 cm³/mol. The summed E-state index contributed by atoms with van der Waals surface area (Å²) in [6, 6.07) is 7.68. The molecule has 1 atom stereocenters. The average molecular weight is 386 g/mol. The molecule has 1 aromatic heterocycles. The SMILES string of the molecule is CCCN1CCc2c(n(C(=O)OC(C)(C)C)c3ccccc23)C1CC(=O)OC. The molecule has 28 heavy (non-hydrogen) atoms. The molecule has 0 bridgehead atoms. The lowest BCUT2D eigenvalue weighted by molar-refractivity contribution is -0.142. The smallest absolute Gasteiger partial charge is 0.419 e. The van der Waals surface area contributed by atoms with E-state index in [2.05, 4.69) is 11.8 Å². The number of ether oxygens (including phenoxy) is 2. The van der Waals surface area contributed by atoms with Crippen molar-refractivity contribution in [1.82, 2.24) is 9.47 Å². The van der Waals surface area contributed by atoms with Gasteiger partial charge in [0.05, 0.1) is 30.8 Å². The molecule has 1 aliphatic rings. The molecule has 1 aromatic carbocycles. The quantitative estimate of drug-likeness (QED) is 0.734. The lowest BCUT2D eigenvalue weighted by Crippen LogP contribution is -2.39. The van der Waals surface area contributed by atoms with Gasteiger partial charge in [-0.2, -0.15) is 0 Å². The molecule has 6 heteroatoms. The van der Waals surface area contributed by atoms with E-state index in [0.717, 1.165) is 48.1 Å². The summed E-state index contributed by atoms with van der Waals surface area (Å²) < 4.78 is 12.4. The summed E-state index contributed by atoms with van der Waals surface area (Å²) in [5.41, 5.74) is 2.21. The summed E-state index contributed by atoms with van der Waals surface area (Å²) >= 11 is 0. The standard InChI is InChI=1S/C22H30N2O4/c1-6-12-23-13-11-16-15-9-7-8-10-17(15)24(21(26)28-22(2,3)4)20(16)18(23)14-19(25)27-5/h7-10,18H,6,11-14H2,1-5H3. The lowest BCUT2D eigenvalue weighted by Gasteiger charge is -2.36. The number of carbonyl (C=O) groups is 2. The van der Waals surface area contributed by atoms with E-state index in [1.807, 2.05) is 45.0 Å². The van der Waals surface area contributed by atoms with Crippen LogP contribution in [0.25, 0.3) is 10.9 Å². The highest BCUT2D eigenvalue weighted by atomic mass is 16.6. The molecule has 0 aliphatic carbocycles. The van der Waals surface area contributed by atoms with Gasteiger partial charge in [0.15, 0.2) is 0 Å². The van der Waals surface area contributed by atoms with Crippen LogP contribution in [0.3, 0.4) is 0 Å². The van der Waals surface area contributed by atoms with Crippen molar-refractivity contribution in [3.8, 4) is 0 Å². The highest BCUT2D eigenvalue weighted by Crippen LogP contribution is 2.39. The molecule has 0 amide bonds. The van der Waals surface area contributed by atoms with Gasteiger partial charge in [-0.05, 0) is 51.8 Å². The van der Waals surface area contributed by atoms with Crippen LogP contribution in [0, 0.1) is 0 Å². The predicted octanol–water partition coefficient (Wildman–Crippen LogP) is 4.30. The van der Waals surface area contributed by atoms with Crippen LogP contribution in [-0.2, 0) is 20.7 Å². The molecule has 0 radical (unpaired) electrons. The second-order valence-electron chi connectivity index (χ2n) is 8.28. The summed E-state index contributed by atoms with van der Waals surface area (Å²) in [6.07, 6.45) is 1.61. The monoisotopic (exact) mass is 386 g/mol. The maximum atomic E-state index is 13.2. The number of rotatable bonds is 4. The first-order chi connectivity index (χ1) is 13.3. The van der Waals surface area contributed by atoms with Crippen LogP contribution in [0.5, 0.6) is 0 Å². The maximum absolute atomic E-state index is 13.2. The summed E-state index contributed by atoms with van der Waals surface area (Å²) in [5, 5.41) is 1.05. The third-order valence-corrected chi connectivity index (χ3v) is 5.10. The van der Waals surface area contributed by atoms with Gasteiger partial charge in [0.2, 0.25) is 0 Å². The van der Waals surface area contributed by atoms with Crippen molar-refractivity contribution in [2.24, 2.45) is 0 Å². The van der Waals surface area contributed by atoms with Crippen LogP contribution in [0.4, 0.5) is 4.79 Å². The molecule has 0 saturated heterocycles. The molecule has 0 N–H and O–H groups in total. The van der Waals surface area contributed by atoms with Crippen molar-refractivity contribution in [1.29, 1.82) is 0 Å². The number of hydrogen-bond acceptors (Lipinski definition) is 5. The first-order valence-electron chi connectivity index (χ1n) is 9.93. The van der Waals surface area contributed by atoms with Crippen LogP contribution in [-0.4, -0.2) is 47.3 Å². The highest BCUT2D eigenvalue weighted by molar-refractivity contribution is 5.94. The molecule has 6 nitrogen and oxygen atoms in total. The molecule has 2 heterocycles. The van der Waals surface area contributed by atoms with E-state index in [1.54, 1.807) is 4.57 Å². The lowest BCUT2D eigenvalue weighted by atomic mass is 9.95. The minimum absolute atomic E-state index is 0.211.